The van der Waals surface area contributed by atoms with Gasteiger partial charge in [-0.1, -0.05) is 0 Å². The molecule has 0 atom stereocenters. The number of amidine groups is 1. The molecule has 130 valence electrons. The Hall–Kier alpha value is -1.67. The van der Waals surface area contributed by atoms with Crippen LogP contribution in [0, 0.1) is 6.92 Å². The van der Waals surface area contributed by atoms with E-state index < -0.39 is 0 Å². The number of fused-ring (bicyclic) bond motifs is 3. The third kappa shape index (κ3) is 2.70. The number of nitrogens with zero attached hydrogens (tertiary/aromatic N) is 3. The number of rotatable bonds is 3. The first kappa shape index (κ1) is 17.7. The third-order valence-corrected chi connectivity index (χ3v) is 7.07. The van der Waals surface area contributed by atoms with Gasteiger partial charge in [0.2, 0.25) is 0 Å². The van der Waals surface area contributed by atoms with Gasteiger partial charge in [-0.3, -0.25) is 0 Å². The molecule has 1 aromatic heterocycles. The van der Waals surface area contributed by atoms with Crippen LogP contribution in [-0.2, 0) is 38.7 Å². The van der Waals surface area contributed by atoms with Gasteiger partial charge in [0.05, 0.1) is 0 Å². The van der Waals surface area contributed by atoms with Gasteiger partial charge in [-0.15, -0.1) is 0 Å². The Kier molecular flexibility index (Phi) is 4.64. The number of hydrazone groups is 1. The summed E-state index contributed by atoms with van der Waals surface area (Å²) in [5.74, 6) is 0.487. The van der Waals surface area contributed by atoms with Gasteiger partial charge in [0.25, 0.3) is 0 Å². The molecule has 2 aromatic carbocycles. The molecule has 4 rings (SSSR count). The fourth-order valence-corrected chi connectivity index (χ4v) is 5.19. The topological polar surface area (TPSA) is 66.8 Å². The summed E-state index contributed by atoms with van der Waals surface area (Å²) in [5.41, 5.74) is 10.5. The SMILES string of the molecule is Cc1cccc2c1c1ccccc1n2[C](=[W])C=C1[C](=[W])C(N)=NN1CO. The van der Waals surface area contributed by atoms with Gasteiger partial charge >= 0.3 is 173 Å². The van der Waals surface area contributed by atoms with Crippen molar-refractivity contribution in [1.29, 1.82) is 0 Å². The Balaban J connectivity index is 1.94. The second-order valence-corrected chi connectivity index (χ2v) is 9.01. The van der Waals surface area contributed by atoms with Gasteiger partial charge in [-0.05, 0) is 0 Å². The summed E-state index contributed by atoms with van der Waals surface area (Å²) < 4.78 is 4.40. The molecular formula is C19H16N4OW2. The Labute approximate surface area is 172 Å². The number of hydrogen-bond donors (Lipinski definition) is 2. The molecule has 2 heterocycles. The van der Waals surface area contributed by atoms with Crippen molar-refractivity contribution in [1.82, 2.24) is 9.58 Å². The van der Waals surface area contributed by atoms with E-state index in [1.807, 2.05) is 0 Å². The van der Waals surface area contributed by atoms with Crippen LogP contribution in [-0.4, -0.2) is 35.2 Å². The van der Waals surface area contributed by atoms with Crippen LogP contribution in [0.3, 0.4) is 0 Å². The summed E-state index contributed by atoms with van der Waals surface area (Å²) in [5, 5.41) is 17.9. The molecule has 0 bridgehead atoms. The Morgan fingerprint density at radius 1 is 1.19 bits per heavy atom. The Morgan fingerprint density at radius 2 is 1.92 bits per heavy atom. The fraction of sp³-hybridized carbons (Fsp3) is 0.105. The molecule has 0 saturated heterocycles. The summed E-state index contributed by atoms with van der Waals surface area (Å²) in [4.78, 5) is 0. The summed E-state index contributed by atoms with van der Waals surface area (Å²) in [6.45, 7) is 1.97. The van der Waals surface area contributed by atoms with Crippen molar-refractivity contribution < 1.29 is 43.8 Å². The second kappa shape index (κ2) is 6.81. The van der Waals surface area contributed by atoms with E-state index in [0.717, 1.165) is 13.6 Å². The molecule has 0 saturated carbocycles. The molecular weight excluding hydrogens is 668 g/mol. The molecule has 0 spiro atoms. The molecule has 1 aliphatic rings. The van der Waals surface area contributed by atoms with Gasteiger partial charge in [-0.2, -0.15) is 0 Å². The minimum atomic E-state index is -0.182. The number of aliphatic hydroxyl groups is 1. The summed E-state index contributed by atoms with van der Waals surface area (Å²) in [6, 6.07) is 14.9. The third-order valence-electron chi connectivity index (χ3n) is 4.49. The summed E-state index contributed by atoms with van der Waals surface area (Å²) in [7, 11) is 0. The van der Waals surface area contributed by atoms with E-state index in [-0.39, 0.29) is 6.73 Å². The zero-order valence-corrected chi connectivity index (χ0v) is 19.9. The number of aliphatic hydroxyl groups excluding tert-OH is 1. The number of para-hydroxylation sites is 1. The van der Waals surface area contributed by atoms with Crippen LogP contribution >= 0.6 is 0 Å². The van der Waals surface area contributed by atoms with Crippen LogP contribution in [0.5, 0.6) is 0 Å². The average molecular weight is 684 g/mol. The van der Waals surface area contributed by atoms with Crippen molar-refractivity contribution in [2.45, 2.75) is 6.92 Å². The molecule has 0 fully saturated rings. The van der Waals surface area contributed by atoms with E-state index in [9.17, 15) is 5.11 Å². The first-order valence-corrected chi connectivity index (χ1v) is 11.0. The number of benzene rings is 2. The van der Waals surface area contributed by atoms with Crippen LogP contribution in [0.25, 0.3) is 21.8 Å². The number of aryl methyl sites for hydroxylation is 1. The molecule has 0 aliphatic carbocycles. The quantitative estimate of drug-likeness (QED) is 0.443. The van der Waals surface area contributed by atoms with Crippen molar-refractivity contribution in [3.05, 3.63) is 59.8 Å². The number of aromatic nitrogens is 1. The molecule has 7 heteroatoms. The zero-order valence-electron chi connectivity index (χ0n) is 14.0. The maximum absolute atomic E-state index is 9.60. The van der Waals surface area contributed by atoms with Crippen molar-refractivity contribution >= 4 is 35.6 Å². The van der Waals surface area contributed by atoms with Crippen LogP contribution in [0.15, 0.2) is 59.3 Å². The molecule has 0 radical (unpaired) electrons. The standard InChI is InChI=1S/C19H16N4O.2W/c1-13-5-4-8-17-19(13)15-6-2-3-7-16(15)22(17)10-9-14-11-18(20)21-23(14)12-24;;/h2-9,24H,12H2,1H3,(H2,20,21);;. The minimum absolute atomic E-state index is 0.182. The summed E-state index contributed by atoms with van der Waals surface area (Å²) in [6.07, 6.45) is 2.09. The predicted octanol–water partition coefficient (Wildman–Crippen LogP) is 1.77. The number of allylic oxidation sites excluding steroid dienone is 1. The second-order valence-electron chi connectivity index (χ2n) is 6.04. The Morgan fingerprint density at radius 3 is 2.69 bits per heavy atom. The van der Waals surface area contributed by atoms with Gasteiger partial charge in [0.1, 0.15) is 0 Å². The van der Waals surface area contributed by atoms with Gasteiger partial charge < -0.3 is 0 Å². The first-order valence-electron chi connectivity index (χ1n) is 8.05. The van der Waals surface area contributed by atoms with E-state index >= 15 is 0 Å². The van der Waals surface area contributed by atoms with Crippen molar-refractivity contribution in [2.24, 2.45) is 10.8 Å². The van der Waals surface area contributed by atoms with Gasteiger partial charge in [0, 0.05) is 0 Å². The van der Waals surface area contributed by atoms with Crippen molar-refractivity contribution in [2.75, 3.05) is 6.73 Å². The van der Waals surface area contributed by atoms with Gasteiger partial charge in [-0.25, -0.2) is 0 Å². The van der Waals surface area contributed by atoms with Crippen LogP contribution in [0.1, 0.15) is 5.56 Å². The first-order chi connectivity index (χ1) is 12.5. The molecule has 0 unspecified atom stereocenters. The summed E-state index contributed by atoms with van der Waals surface area (Å²) >= 11 is 2.58. The van der Waals surface area contributed by atoms with Crippen LogP contribution in [0.4, 0.5) is 0 Å². The van der Waals surface area contributed by atoms with E-state index in [2.05, 4.69) is 65.1 Å². The van der Waals surface area contributed by atoms with E-state index in [1.165, 1.54) is 66.1 Å². The average Bonchev–Trinajstić information content (AvgIpc) is 3.11. The molecule has 26 heavy (non-hydrogen) atoms. The predicted molar refractivity (Wildman–Crippen MR) is 98.2 cm³/mol. The van der Waals surface area contributed by atoms with E-state index in [4.69, 9.17) is 5.73 Å². The molecule has 3 aromatic rings. The Bertz CT molecular complexity index is 1140. The van der Waals surface area contributed by atoms with Crippen LogP contribution in [0.2, 0.25) is 0 Å². The fourth-order valence-electron chi connectivity index (χ4n) is 3.34. The zero-order chi connectivity index (χ0) is 18.4. The van der Waals surface area contributed by atoms with Crippen molar-refractivity contribution in [3.63, 3.8) is 0 Å². The normalized spacial score (nSPS) is 16.1. The van der Waals surface area contributed by atoms with E-state index in [0.29, 0.717) is 5.84 Å². The van der Waals surface area contributed by atoms with Crippen LogP contribution < -0.4 is 5.73 Å². The monoisotopic (exact) mass is 684 g/mol. The molecule has 3 N–H and O–H groups in total. The van der Waals surface area contributed by atoms with Crippen molar-refractivity contribution in [3.8, 4) is 0 Å². The maximum atomic E-state index is 9.60. The molecule has 5 nitrogen and oxygen atoms in total. The molecule has 0 amide bonds. The molecule has 1 aliphatic heterocycles. The number of hydrogen-bond acceptors (Lipinski definition) is 4. The number of nitrogens with two attached hydrogens (primary N) is 1. The van der Waals surface area contributed by atoms with Gasteiger partial charge in [0.15, 0.2) is 0 Å². The van der Waals surface area contributed by atoms with E-state index in [1.54, 1.807) is 5.01 Å².